The summed E-state index contributed by atoms with van der Waals surface area (Å²) >= 11 is -0.456. The van der Waals surface area contributed by atoms with Crippen LogP contribution in [0.2, 0.25) is 6.75 Å². The van der Waals surface area contributed by atoms with Crippen LogP contribution >= 0.6 is 0 Å². The Morgan fingerprint density at radius 3 is 2.20 bits per heavy atom. The van der Waals surface area contributed by atoms with Crippen molar-refractivity contribution in [3.63, 3.8) is 0 Å². The Hall–Kier alpha value is -0.157. The number of allylic oxidation sites excluding steroid dienone is 8. The van der Waals surface area contributed by atoms with Gasteiger partial charge >= 0.3 is 105 Å². The van der Waals surface area contributed by atoms with E-state index in [9.17, 15) is 0 Å². The minimum atomic E-state index is -0.456. The van der Waals surface area contributed by atoms with Crippen molar-refractivity contribution >= 4 is 0 Å². The number of rotatable bonds is 2. The molecule has 2 rings (SSSR count). The van der Waals surface area contributed by atoms with Crippen LogP contribution in [0.5, 0.6) is 0 Å². The van der Waals surface area contributed by atoms with Gasteiger partial charge in [-0.2, -0.15) is 0 Å². The van der Waals surface area contributed by atoms with Crippen molar-refractivity contribution in [1.29, 1.82) is 0 Å². The minimum absolute atomic E-state index is 0.446. The molecule has 0 spiro atoms. The molecule has 2 aliphatic rings. The zero-order valence-corrected chi connectivity index (χ0v) is 12.4. The van der Waals surface area contributed by atoms with Crippen molar-refractivity contribution in [3.05, 3.63) is 47.1 Å². The summed E-state index contributed by atoms with van der Waals surface area (Å²) in [4.78, 5) is 0. The molecule has 0 aromatic heterocycles. The van der Waals surface area contributed by atoms with Gasteiger partial charge in [0.05, 0.1) is 0 Å². The second kappa shape index (κ2) is 4.02. The van der Waals surface area contributed by atoms with Gasteiger partial charge in [0.25, 0.3) is 0 Å². The van der Waals surface area contributed by atoms with Crippen molar-refractivity contribution < 1.29 is 23.2 Å². The molecule has 0 amide bonds. The summed E-state index contributed by atoms with van der Waals surface area (Å²) in [6, 6.07) is 0. The van der Waals surface area contributed by atoms with E-state index in [1.54, 1.807) is 5.57 Å². The summed E-state index contributed by atoms with van der Waals surface area (Å²) < 4.78 is 1.24. The van der Waals surface area contributed by atoms with E-state index in [1.165, 1.54) is 11.1 Å². The Morgan fingerprint density at radius 1 is 1.13 bits per heavy atom. The third kappa shape index (κ3) is 2.04. The monoisotopic (exact) mass is 276 g/mol. The summed E-state index contributed by atoms with van der Waals surface area (Å²) in [7, 11) is 0. The molecule has 0 aromatic rings. The summed E-state index contributed by atoms with van der Waals surface area (Å²) in [5, 5.41) is 0. The van der Waals surface area contributed by atoms with Crippen molar-refractivity contribution in [2.45, 2.75) is 34.4 Å². The Morgan fingerprint density at radius 2 is 1.73 bits per heavy atom. The maximum absolute atomic E-state index is 2.52. The first-order valence-electron chi connectivity index (χ1n) is 5.53. The Balaban J connectivity index is 2.22. The zero-order chi connectivity index (χ0) is 11.1. The van der Waals surface area contributed by atoms with Crippen LogP contribution in [0.4, 0.5) is 0 Å². The fourth-order valence-electron chi connectivity index (χ4n) is 2.36. The van der Waals surface area contributed by atoms with E-state index >= 15 is 0 Å². The normalized spacial score (nSPS) is 30.3. The molecule has 0 saturated carbocycles. The van der Waals surface area contributed by atoms with Gasteiger partial charge in [-0.05, 0) is 0 Å². The van der Waals surface area contributed by atoms with E-state index in [2.05, 4.69) is 58.1 Å². The summed E-state index contributed by atoms with van der Waals surface area (Å²) in [6.07, 6.45) is 11.7. The average Bonchev–Trinajstić information content (AvgIpc) is 2.72. The second-order valence-corrected chi connectivity index (χ2v) is 9.62. The summed E-state index contributed by atoms with van der Waals surface area (Å²) in [5.74, 6) is 0. The Kier molecular flexibility index (Phi) is 3.03. The molecular formula is C14H18Zr. The molecule has 0 N–H and O–H groups in total. The molecule has 2 aliphatic carbocycles. The third-order valence-electron chi connectivity index (χ3n) is 3.65. The predicted octanol–water partition coefficient (Wildman–Crippen LogP) is 4.46. The van der Waals surface area contributed by atoms with E-state index in [4.69, 9.17) is 0 Å². The van der Waals surface area contributed by atoms with Crippen molar-refractivity contribution in [1.82, 2.24) is 0 Å². The van der Waals surface area contributed by atoms with Gasteiger partial charge < -0.3 is 0 Å². The molecular weight excluding hydrogens is 259 g/mol. The van der Waals surface area contributed by atoms with Gasteiger partial charge in [-0.15, -0.1) is 0 Å². The molecule has 0 fully saturated rings. The van der Waals surface area contributed by atoms with Crippen molar-refractivity contribution in [2.24, 2.45) is 0 Å². The third-order valence-corrected chi connectivity index (χ3v) is 8.17. The van der Waals surface area contributed by atoms with Crippen molar-refractivity contribution in [3.8, 4) is 0 Å². The molecule has 0 aromatic carbocycles. The fraction of sp³-hybridized carbons (Fsp3) is 0.429. The molecule has 0 heterocycles. The molecule has 0 aliphatic heterocycles. The van der Waals surface area contributed by atoms with E-state index in [-0.39, 0.29) is 0 Å². The first-order valence-corrected chi connectivity index (χ1v) is 8.18. The predicted molar refractivity (Wildman–Crippen MR) is 62.5 cm³/mol. The van der Waals surface area contributed by atoms with Gasteiger partial charge in [0.2, 0.25) is 0 Å². The molecule has 0 bridgehead atoms. The van der Waals surface area contributed by atoms with Crippen LogP contribution in [0.1, 0.15) is 27.7 Å². The van der Waals surface area contributed by atoms with Gasteiger partial charge in [0.15, 0.2) is 0 Å². The molecule has 1 unspecified atom stereocenters. The van der Waals surface area contributed by atoms with E-state index in [0.717, 1.165) is 3.63 Å². The molecule has 0 nitrogen and oxygen atoms in total. The SMILES string of the molecule is CC1=C[C](C)([Zr][CH]2C=CC=C2)C(C)=C1C. The van der Waals surface area contributed by atoms with Crippen LogP contribution in [-0.4, -0.2) is 0 Å². The van der Waals surface area contributed by atoms with E-state index in [0.29, 0.717) is 3.12 Å². The van der Waals surface area contributed by atoms with Gasteiger partial charge in [-0.25, -0.2) is 0 Å². The second-order valence-electron chi connectivity index (χ2n) is 4.72. The average molecular weight is 278 g/mol. The van der Waals surface area contributed by atoms with Crippen LogP contribution in [0, 0.1) is 0 Å². The topological polar surface area (TPSA) is 0 Å². The van der Waals surface area contributed by atoms with Crippen molar-refractivity contribution in [2.75, 3.05) is 0 Å². The Bertz CT molecular complexity index is 384. The van der Waals surface area contributed by atoms with Crippen LogP contribution in [-0.2, 0) is 23.2 Å². The standard InChI is InChI=1S/C9H13.C5H5.Zr/c1-6-5-7(2)9(4)8(6)3;1-2-4-5-3-1;/h5H,1-4H3;1-5H;. The fourth-order valence-corrected chi connectivity index (χ4v) is 6.81. The number of hydrogen-bond acceptors (Lipinski definition) is 0. The zero-order valence-electron chi connectivity index (χ0n) is 9.96. The molecule has 0 radical (unpaired) electrons. The van der Waals surface area contributed by atoms with Gasteiger partial charge in [0.1, 0.15) is 0 Å². The van der Waals surface area contributed by atoms with Gasteiger partial charge in [-0.1, -0.05) is 0 Å². The quantitative estimate of drug-likeness (QED) is 0.699. The van der Waals surface area contributed by atoms with Crippen LogP contribution in [0.25, 0.3) is 0 Å². The van der Waals surface area contributed by atoms with Crippen LogP contribution in [0.15, 0.2) is 47.1 Å². The first kappa shape index (κ1) is 11.3. The molecule has 78 valence electrons. The summed E-state index contributed by atoms with van der Waals surface area (Å²) in [5.41, 5.74) is 4.66. The number of hydrogen-bond donors (Lipinski definition) is 0. The molecule has 15 heavy (non-hydrogen) atoms. The van der Waals surface area contributed by atoms with E-state index in [1.807, 2.05) is 0 Å². The van der Waals surface area contributed by atoms with Crippen LogP contribution in [0.3, 0.4) is 0 Å². The molecule has 1 heteroatoms. The van der Waals surface area contributed by atoms with Gasteiger partial charge in [-0.3, -0.25) is 0 Å². The molecule has 1 atom stereocenters. The summed E-state index contributed by atoms with van der Waals surface area (Å²) in [6.45, 7) is 9.29. The van der Waals surface area contributed by atoms with E-state index < -0.39 is 23.2 Å². The van der Waals surface area contributed by atoms with Crippen LogP contribution < -0.4 is 0 Å². The van der Waals surface area contributed by atoms with Gasteiger partial charge in [0, 0.05) is 0 Å². The molecule has 0 saturated heterocycles. The maximum atomic E-state index is 2.52. The first-order chi connectivity index (χ1) is 7.03. The Labute approximate surface area is 104 Å².